The molecule has 3 N–H and O–H groups in total. The van der Waals surface area contributed by atoms with Gasteiger partial charge in [-0.15, -0.1) is 0 Å². The predicted octanol–water partition coefficient (Wildman–Crippen LogP) is 2.53. The summed E-state index contributed by atoms with van der Waals surface area (Å²) in [5.74, 6) is -0.576. The number of carbonyl (C=O) groups is 2. The van der Waals surface area contributed by atoms with E-state index in [-0.39, 0.29) is 23.0 Å². The van der Waals surface area contributed by atoms with Gasteiger partial charge in [-0.1, -0.05) is 42.5 Å². The van der Waals surface area contributed by atoms with Crippen LogP contribution in [0.25, 0.3) is 0 Å². The average Bonchev–Trinajstić information content (AvgIpc) is 2.54. The van der Waals surface area contributed by atoms with Gasteiger partial charge >= 0.3 is 0 Å². The first-order valence-electron chi connectivity index (χ1n) is 6.34. The first kappa shape index (κ1) is 13.5. The Balaban J connectivity index is 1.90. The van der Waals surface area contributed by atoms with Crippen LogP contribution in [0.4, 0.5) is 0 Å². The van der Waals surface area contributed by atoms with Crippen LogP contribution >= 0.6 is 11.9 Å². The molecule has 0 heterocycles. The van der Waals surface area contributed by atoms with Gasteiger partial charge < -0.3 is 10.5 Å². The molecule has 1 aliphatic carbocycles. The number of hydrogen-bond donors (Lipinski definition) is 2. The Hall–Kier alpha value is -2.53. The summed E-state index contributed by atoms with van der Waals surface area (Å²) in [7, 11) is 0. The minimum Gasteiger partial charge on any atom is -0.394 e. The van der Waals surface area contributed by atoms with E-state index in [1.807, 2.05) is 30.3 Å². The van der Waals surface area contributed by atoms with Crippen LogP contribution < -0.4 is 10.5 Å². The van der Waals surface area contributed by atoms with Crippen LogP contribution in [0.15, 0.2) is 70.9 Å². The maximum absolute atomic E-state index is 12.4. The van der Waals surface area contributed by atoms with Crippen LogP contribution in [0.1, 0.15) is 20.7 Å². The van der Waals surface area contributed by atoms with Crippen molar-refractivity contribution >= 4 is 23.5 Å². The largest absolute Gasteiger partial charge is 0.394 e. The van der Waals surface area contributed by atoms with E-state index in [9.17, 15) is 9.59 Å². The van der Waals surface area contributed by atoms with E-state index in [0.29, 0.717) is 11.1 Å². The van der Waals surface area contributed by atoms with Crippen molar-refractivity contribution in [3.63, 3.8) is 0 Å². The standard InChI is InChI=1S/C16H12N2O2S/c17-13-14(18-21-10-6-2-1-3-7-10)16(20)12-9-5-4-8-11(12)15(13)19/h1-9,18H,17H2. The highest BCUT2D eigenvalue weighted by molar-refractivity contribution is 7.97. The number of fused-ring (bicyclic) bond motifs is 1. The number of nitrogens with two attached hydrogens (primary N) is 1. The van der Waals surface area contributed by atoms with Gasteiger partial charge in [0, 0.05) is 16.0 Å². The molecule has 2 aromatic rings. The Bertz CT molecular complexity index is 754. The average molecular weight is 296 g/mol. The van der Waals surface area contributed by atoms with Crippen molar-refractivity contribution in [3.05, 3.63) is 77.1 Å². The van der Waals surface area contributed by atoms with E-state index in [0.717, 1.165) is 4.90 Å². The Morgan fingerprint density at radius 3 is 2.05 bits per heavy atom. The van der Waals surface area contributed by atoms with Crippen LogP contribution in [0.5, 0.6) is 0 Å². The SMILES string of the molecule is NC1=C(NSc2ccccc2)C(=O)c2ccccc2C1=O. The van der Waals surface area contributed by atoms with Crippen LogP contribution in [0.2, 0.25) is 0 Å². The molecule has 1 aliphatic rings. The van der Waals surface area contributed by atoms with Crippen molar-refractivity contribution < 1.29 is 9.59 Å². The van der Waals surface area contributed by atoms with Crippen LogP contribution in [0, 0.1) is 0 Å². The van der Waals surface area contributed by atoms with Gasteiger partial charge in [-0.2, -0.15) is 0 Å². The third-order valence-corrected chi connectivity index (χ3v) is 3.99. The Kier molecular flexibility index (Phi) is 3.50. The summed E-state index contributed by atoms with van der Waals surface area (Å²) in [4.78, 5) is 25.6. The lowest BCUT2D eigenvalue weighted by atomic mass is 9.91. The molecular formula is C16H12N2O2S. The van der Waals surface area contributed by atoms with Gasteiger partial charge in [0.25, 0.3) is 0 Å². The fourth-order valence-corrected chi connectivity index (χ4v) is 2.81. The minimum absolute atomic E-state index is 0.0397. The number of ketones is 2. The maximum atomic E-state index is 12.4. The lowest BCUT2D eigenvalue weighted by molar-refractivity contribution is 0.0970. The summed E-state index contributed by atoms with van der Waals surface area (Å²) in [5.41, 5.74) is 6.67. The van der Waals surface area contributed by atoms with Gasteiger partial charge in [0.15, 0.2) is 0 Å². The van der Waals surface area contributed by atoms with Gasteiger partial charge in [-0.3, -0.25) is 9.59 Å². The third-order valence-electron chi connectivity index (χ3n) is 3.17. The van der Waals surface area contributed by atoms with Gasteiger partial charge in [-0.05, 0) is 24.1 Å². The molecule has 0 bridgehead atoms. The highest BCUT2D eigenvalue weighted by Crippen LogP contribution is 2.25. The molecule has 0 radical (unpaired) electrons. The predicted molar refractivity (Wildman–Crippen MR) is 81.8 cm³/mol. The van der Waals surface area contributed by atoms with E-state index in [4.69, 9.17) is 5.73 Å². The summed E-state index contributed by atoms with van der Waals surface area (Å²) in [6.07, 6.45) is 0. The van der Waals surface area contributed by atoms with Crippen LogP contribution in [-0.4, -0.2) is 11.6 Å². The van der Waals surface area contributed by atoms with E-state index < -0.39 is 0 Å². The van der Waals surface area contributed by atoms with E-state index >= 15 is 0 Å². The topological polar surface area (TPSA) is 72.2 Å². The molecule has 0 aliphatic heterocycles. The number of allylic oxidation sites excluding steroid dienone is 2. The smallest absolute Gasteiger partial charge is 0.212 e. The summed E-state index contributed by atoms with van der Waals surface area (Å²) >= 11 is 1.25. The molecule has 5 heteroatoms. The summed E-state index contributed by atoms with van der Waals surface area (Å²) in [6, 6.07) is 16.2. The second-order valence-electron chi connectivity index (χ2n) is 4.51. The Morgan fingerprint density at radius 2 is 1.38 bits per heavy atom. The first-order chi connectivity index (χ1) is 10.2. The van der Waals surface area contributed by atoms with Crippen molar-refractivity contribution in [1.29, 1.82) is 0 Å². The van der Waals surface area contributed by atoms with Crippen LogP contribution in [0.3, 0.4) is 0 Å². The van der Waals surface area contributed by atoms with Gasteiger partial charge in [-0.25, -0.2) is 0 Å². The normalized spacial score (nSPS) is 14.1. The number of nitrogens with one attached hydrogen (secondary N) is 1. The number of carbonyl (C=O) groups excluding carboxylic acids is 2. The fourth-order valence-electron chi connectivity index (χ4n) is 2.09. The van der Waals surface area contributed by atoms with E-state index in [1.165, 1.54) is 11.9 Å². The van der Waals surface area contributed by atoms with Crippen molar-refractivity contribution in [2.45, 2.75) is 4.90 Å². The molecule has 0 aromatic heterocycles. The summed E-state index contributed by atoms with van der Waals surface area (Å²) in [5, 5.41) is 0. The van der Waals surface area contributed by atoms with Crippen molar-refractivity contribution in [3.8, 4) is 0 Å². The zero-order chi connectivity index (χ0) is 14.8. The lowest BCUT2D eigenvalue weighted by Crippen LogP contribution is -2.31. The second kappa shape index (κ2) is 5.46. The molecule has 0 fully saturated rings. The number of benzene rings is 2. The van der Waals surface area contributed by atoms with Crippen molar-refractivity contribution in [2.75, 3.05) is 0 Å². The lowest BCUT2D eigenvalue weighted by Gasteiger charge is -2.19. The fraction of sp³-hybridized carbons (Fsp3) is 0. The van der Waals surface area contributed by atoms with Crippen molar-refractivity contribution in [2.24, 2.45) is 5.73 Å². The van der Waals surface area contributed by atoms with Gasteiger partial charge in [0.05, 0.1) is 0 Å². The number of Topliss-reactive ketones (excluding diaryl/α,β-unsaturated/α-hetero) is 2. The first-order valence-corrected chi connectivity index (χ1v) is 7.16. The molecule has 104 valence electrons. The quantitative estimate of drug-likeness (QED) is 0.852. The molecule has 0 amide bonds. The van der Waals surface area contributed by atoms with Gasteiger partial charge in [0.2, 0.25) is 11.6 Å². The second-order valence-corrected chi connectivity index (χ2v) is 5.39. The molecule has 3 rings (SSSR count). The maximum Gasteiger partial charge on any atom is 0.212 e. The molecular weight excluding hydrogens is 284 g/mol. The molecule has 0 unspecified atom stereocenters. The minimum atomic E-state index is -0.318. The number of hydrogen-bond acceptors (Lipinski definition) is 5. The van der Waals surface area contributed by atoms with Gasteiger partial charge in [0.1, 0.15) is 11.4 Å². The van der Waals surface area contributed by atoms with Crippen molar-refractivity contribution in [1.82, 2.24) is 4.72 Å². The van der Waals surface area contributed by atoms with E-state index in [2.05, 4.69) is 4.72 Å². The summed E-state index contributed by atoms with van der Waals surface area (Å²) in [6.45, 7) is 0. The highest BCUT2D eigenvalue weighted by atomic mass is 32.2. The molecule has 21 heavy (non-hydrogen) atoms. The zero-order valence-corrected chi connectivity index (χ0v) is 11.8. The monoisotopic (exact) mass is 296 g/mol. The molecule has 0 saturated carbocycles. The number of rotatable bonds is 3. The Morgan fingerprint density at radius 1 is 0.810 bits per heavy atom. The van der Waals surface area contributed by atoms with Crippen LogP contribution in [-0.2, 0) is 0 Å². The molecule has 0 saturated heterocycles. The highest BCUT2D eigenvalue weighted by Gasteiger charge is 2.30. The Labute approximate surface area is 126 Å². The molecule has 0 spiro atoms. The molecule has 4 nitrogen and oxygen atoms in total. The molecule has 2 aromatic carbocycles. The molecule has 0 atom stereocenters. The summed E-state index contributed by atoms with van der Waals surface area (Å²) < 4.78 is 2.91. The van der Waals surface area contributed by atoms with E-state index in [1.54, 1.807) is 24.3 Å². The third kappa shape index (κ3) is 2.43. The zero-order valence-electron chi connectivity index (χ0n) is 11.0.